The van der Waals surface area contributed by atoms with E-state index in [2.05, 4.69) is 10.6 Å². The summed E-state index contributed by atoms with van der Waals surface area (Å²) >= 11 is 7.58. The van der Waals surface area contributed by atoms with Crippen LogP contribution in [0.4, 0.5) is 9.80 Å². The molecule has 120 valence electrons. The third-order valence-electron chi connectivity index (χ3n) is 3.63. The molecule has 0 unspecified atom stereocenters. The molecule has 1 aromatic heterocycles. The van der Waals surface area contributed by atoms with Crippen molar-refractivity contribution in [1.29, 1.82) is 0 Å². The maximum absolute atomic E-state index is 12.1. The van der Waals surface area contributed by atoms with Crippen LogP contribution >= 0.6 is 22.9 Å². The van der Waals surface area contributed by atoms with Crippen LogP contribution in [0.25, 0.3) is 0 Å². The first-order chi connectivity index (χ1) is 11.1. The Hall–Kier alpha value is -2.05. The van der Waals surface area contributed by atoms with Crippen LogP contribution in [-0.2, 0) is 11.3 Å². The number of thiophene rings is 1. The first kappa shape index (κ1) is 15.8. The number of nitrogens with zero attached hydrogens (tertiary/aromatic N) is 1. The molecule has 5 nitrogen and oxygen atoms in total. The van der Waals surface area contributed by atoms with Crippen LogP contribution in [0.1, 0.15) is 12.0 Å². The molecule has 0 saturated carbocycles. The first-order valence-corrected chi connectivity index (χ1v) is 8.50. The van der Waals surface area contributed by atoms with Gasteiger partial charge in [0.15, 0.2) is 0 Å². The molecule has 1 fully saturated rings. The summed E-state index contributed by atoms with van der Waals surface area (Å²) in [5.41, 5.74) is 0.909. The number of carbonyl (C=O) groups excluding carboxylic acids is 2. The molecule has 1 aromatic carbocycles. The van der Waals surface area contributed by atoms with Gasteiger partial charge >= 0.3 is 6.03 Å². The molecule has 1 aliphatic rings. The average molecular weight is 350 g/mol. The van der Waals surface area contributed by atoms with Crippen molar-refractivity contribution in [2.45, 2.75) is 19.0 Å². The highest BCUT2D eigenvalue weighted by atomic mass is 35.5. The van der Waals surface area contributed by atoms with E-state index in [9.17, 15) is 9.59 Å². The fourth-order valence-electron chi connectivity index (χ4n) is 2.54. The summed E-state index contributed by atoms with van der Waals surface area (Å²) in [5, 5.41) is 8.91. The minimum Gasteiger partial charge on any atom is -0.336 e. The van der Waals surface area contributed by atoms with Crippen molar-refractivity contribution < 1.29 is 9.59 Å². The van der Waals surface area contributed by atoms with Gasteiger partial charge in [-0.1, -0.05) is 29.8 Å². The van der Waals surface area contributed by atoms with Crippen molar-refractivity contribution in [3.63, 3.8) is 0 Å². The number of nitrogens with one attached hydrogen (secondary N) is 2. The molecule has 0 radical (unpaired) electrons. The number of carbonyl (C=O) groups is 2. The van der Waals surface area contributed by atoms with Crippen molar-refractivity contribution in [3.8, 4) is 0 Å². The molecule has 0 bridgehead atoms. The Morgan fingerprint density at radius 3 is 2.87 bits per heavy atom. The number of anilines is 1. The zero-order valence-electron chi connectivity index (χ0n) is 12.3. The fourth-order valence-corrected chi connectivity index (χ4v) is 3.34. The summed E-state index contributed by atoms with van der Waals surface area (Å²) in [4.78, 5) is 25.8. The second-order valence-electron chi connectivity index (χ2n) is 5.34. The van der Waals surface area contributed by atoms with Gasteiger partial charge in [0.25, 0.3) is 0 Å². The molecule has 3 amide bonds. The number of rotatable bonds is 4. The zero-order valence-corrected chi connectivity index (χ0v) is 13.9. The number of amides is 3. The summed E-state index contributed by atoms with van der Waals surface area (Å²) in [5.74, 6) is 0.0198. The maximum atomic E-state index is 12.1. The van der Waals surface area contributed by atoms with Gasteiger partial charge in [-0.2, -0.15) is 0 Å². The molecule has 23 heavy (non-hydrogen) atoms. The van der Waals surface area contributed by atoms with Gasteiger partial charge in [0.05, 0.1) is 11.0 Å². The molecule has 1 saturated heterocycles. The maximum Gasteiger partial charge on any atom is 0.320 e. The van der Waals surface area contributed by atoms with E-state index in [-0.39, 0.29) is 18.0 Å². The van der Waals surface area contributed by atoms with Crippen molar-refractivity contribution in [3.05, 3.63) is 52.4 Å². The van der Waals surface area contributed by atoms with E-state index in [0.29, 0.717) is 24.5 Å². The normalized spacial score (nSPS) is 17.3. The molecule has 2 aromatic rings. The Balaban J connectivity index is 1.55. The predicted octanol–water partition coefficient (Wildman–Crippen LogP) is 3.32. The molecule has 0 aliphatic carbocycles. The van der Waals surface area contributed by atoms with Crippen molar-refractivity contribution in [2.24, 2.45) is 0 Å². The lowest BCUT2D eigenvalue weighted by atomic mass is 10.2. The van der Waals surface area contributed by atoms with E-state index in [0.717, 1.165) is 10.6 Å². The molecule has 1 aliphatic heterocycles. The van der Waals surface area contributed by atoms with Crippen LogP contribution in [0.15, 0.2) is 41.8 Å². The topological polar surface area (TPSA) is 61.4 Å². The average Bonchev–Trinajstić information content (AvgIpc) is 3.12. The minimum absolute atomic E-state index is 0.0198. The van der Waals surface area contributed by atoms with Gasteiger partial charge in [-0.25, -0.2) is 4.79 Å². The summed E-state index contributed by atoms with van der Waals surface area (Å²) in [6.45, 7) is 0.950. The summed E-state index contributed by atoms with van der Waals surface area (Å²) in [7, 11) is 0. The lowest BCUT2D eigenvalue weighted by molar-refractivity contribution is -0.128. The smallest absolute Gasteiger partial charge is 0.320 e. The predicted molar refractivity (Wildman–Crippen MR) is 91.7 cm³/mol. The van der Waals surface area contributed by atoms with Crippen LogP contribution in [0.5, 0.6) is 0 Å². The summed E-state index contributed by atoms with van der Waals surface area (Å²) in [6.07, 6.45) is 0.308. The standard InChI is InChI=1S/C16H16ClN3O2S/c17-13-5-2-1-4-11(13)9-20-10-12(8-15(20)21)18-16(22)19-14-6-3-7-23-14/h1-7,12H,8-10H2,(H2,18,19,22)/t12-/m0/s1. The first-order valence-electron chi connectivity index (χ1n) is 7.24. The Morgan fingerprint density at radius 2 is 2.13 bits per heavy atom. The van der Waals surface area contributed by atoms with Crippen LogP contribution in [0, 0.1) is 0 Å². The number of benzene rings is 1. The van der Waals surface area contributed by atoms with Gasteiger partial charge in [0.1, 0.15) is 0 Å². The number of halogens is 1. The van der Waals surface area contributed by atoms with Crippen LogP contribution < -0.4 is 10.6 Å². The minimum atomic E-state index is -0.287. The number of urea groups is 1. The van der Waals surface area contributed by atoms with E-state index in [1.165, 1.54) is 11.3 Å². The van der Waals surface area contributed by atoms with Gasteiger partial charge < -0.3 is 10.2 Å². The Labute approximate surface area is 143 Å². The third kappa shape index (κ3) is 4.03. The van der Waals surface area contributed by atoms with E-state index >= 15 is 0 Å². The highest BCUT2D eigenvalue weighted by molar-refractivity contribution is 7.14. The third-order valence-corrected chi connectivity index (χ3v) is 4.78. The molecule has 7 heteroatoms. The van der Waals surface area contributed by atoms with Crippen LogP contribution in [0.3, 0.4) is 0 Å². The van der Waals surface area contributed by atoms with Gasteiger partial charge in [-0.05, 0) is 29.1 Å². The second-order valence-corrected chi connectivity index (χ2v) is 6.70. The zero-order chi connectivity index (χ0) is 16.2. The van der Waals surface area contributed by atoms with E-state index in [1.807, 2.05) is 41.8 Å². The molecule has 2 heterocycles. The van der Waals surface area contributed by atoms with Gasteiger partial charge in [-0.15, -0.1) is 11.3 Å². The molecule has 2 N–H and O–H groups in total. The Morgan fingerprint density at radius 1 is 1.30 bits per heavy atom. The molecule has 1 atom stereocenters. The molecular formula is C16H16ClN3O2S. The Kier molecular flexibility index (Phi) is 4.83. The summed E-state index contributed by atoms with van der Waals surface area (Å²) < 4.78 is 0. The lowest BCUT2D eigenvalue weighted by Gasteiger charge is -2.18. The highest BCUT2D eigenvalue weighted by Crippen LogP contribution is 2.21. The largest absolute Gasteiger partial charge is 0.336 e. The second kappa shape index (κ2) is 7.02. The van der Waals surface area contributed by atoms with Crippen molar-refractivity contribution in [2.75, 3.05) is 11.9 Å². The SMILES string of the molecule is O=C(Nc1cccs1)N[C@H]1CC(=O)N(Cc2ccccc2Cl)C1. The quantitative estimate of drug-likeness (QED) is 0.889. The lowest BCUT2D eigenvalue weighted by Crippen LogP contribution is -2.39. The number of likely N-dealkylation sites (tertiary alicyclic amines) is 1. The van der Waals surface area contributed by atoms with E-state index < -0.39 is 0 Å². The van der Waals surface area contributed by atoms with Crippen molar-refractivity contribution in [1.82, 2.24) is 10.2 Å². The molecular weight excluding hydrogens is 334 g/mol. The number of hydrogen-bond acceptors (Lipinski definition) is 3. The van der Waals surface area contributed by atoms with E-state index in [1.54, 1.807) is 4.90 Å². The van der Waals surface area contributed by atoms with Gasteiger partial charge in [-0.3, -0.25) is 10.1 Å². The fraction of sp³-hybridized carbons (Fsp3) is 0.250. The van der Waals surface area contributed by atoms with Gasteiger partial charge in [0.2, 0.25) is 5.91 Å². The van der Waals surface area contributed by atoms with Crippen LogP contribution in [0.2, 0.25) is 5.02 Å². The van der Waals surface area contributed by atoms with Crippen LogP contribution in [-0.4, -0.2) is 29.4 Å². The van der Waals surface area contributed by atoms with Gasteiger partial charge in [0, 0.05) is 24.5 Å². The molecule has 0 spiro atoms. The monoisotopic (exact) mass is 349 g/mol. The molecule has 3 rings (SSSR count). The number of hydrogen-bond donors (Lipinski definition) is 2. The Bertz CT molecular complexity index is 705. The summed E-state index contributed by atoms with van der Waals surface area (Å²) in [6, 6.07) is 10.7. The van der Waals surface area contributed by atoms with E-state index in [4.69, 9.17) is 11.6 Å². The van der Waals surface area contributed by atoms with Crippen molar-refractivity contribution >= 4 is 39.9 Å². The highest BCUT2D eigenvalue weighted by Gasteiger charge is 2.30.